The molecule has 4 nitrogen and oxygen atoms in total. The van der Waals surface area contributed by atoms with Gasteiger partial charge in [-0.25, -0.2) is 4.39 Å². The summed E-state index contributed by atoms with van der Waals surface area (Å²) in [5.74, 6) is 0.893. The van der Waals surface area contributed by atoms with Gasteiger partial charge in [0.25, 0.3) is 0 Å². The highest BCUT2D eigenvalue weighted by Crippen LogP contribution is 2.12. The first-order valence-electron chi connectivity index (χ1n) is 6.49. The minimum absolute atomic E-state index is 0. The second-order valence-electron chi connectivity index (χ2n) is 4.53. The van der Waals surface area contributed by atoms with Crippen molar-refractivity contribution in [3.05, 3.63) is 47.4 Å². The second-order valence-corrected chi connectivity index (χ2v) is 4.53. The number of hydrogen-bond donors (Lipinski definition) is 1. The highest BCUT2D eigenvalue weighted by molar-refractivity contribution is 5.85. The average molecular weight is 300 g/mol. The van der Waals surface area contributed by atoms with Crippen LogP contribution in [0.3, 0.4) is 0 Å². The molecule has 0 aliphatic heterocycles. The van der Waals surface area contributed by atoms with Crippen molar-refractivity contribution in [3.63, 3.8) is 0 Å². The largest absolute Gasteiger partial charge is 0.338 e. The van der Waals surface area contributed by atoms with Gasteiger partial charge in [0.1, 0.15) is 5.82 Å². The van der Waals surface area contributed by atoms with Crippen molar-refractivity contribution in [2.75, 3.05) is 6.54 Å². The lowest BCUT2D eigenvalue weighted by atomic mass is 10.1. The highest BCUT2D eigenvalue weighted by Gasteiger charge is 2.13. The summed E-state index contributed by atoms with van der Waals surface area (Å²) < 4.78 is 18.3. The van der Waals surface area contributed by atoms with Gasteiger partial charge in [0.05, 0.1) is 6.04 Å². The zero-order valence-corrected chi connectivity index (χ0v) is 12.4. The quantitative estimate of drug-likeness (QED) is 0.889. The predicted molar refractivity (Wildman–Crippen MR) is 77.5 cm³/mol. The van der Waals surface area contributed by atoms with Crippen LogP contribution >= 0.6 is 12.4 Å². The van der Waals surface area contributed by atoms with Gasteiger partial charge in [-0.2, -0.15) is 4.98 Å². The monoisotopic (exact) mass is 299 g/mol. The number of aromatic nitrogens is 2. The molecule has 1 aromatic carbocycles. The Morgan fingerprint density at radius 3 is 2.90 bits per heavy atom. The average Bonchev–Trinajstić information content (AvgIpc) is 2.84. The first-order valence-corrected chi connectivity index (χ1v) is 6.49. The molecule has 0 radical (unpaired) electrons. The topological polar surface area (TPSA) is 51.0 Å². The van der Waals surface area contributed by atoms with Crippen LogP contribution in [0.1, 0.15) is 43.6 Å². The van der Waals surface area contributed by atoms with Crippen molar-refractivity contribution in [2.45, 2.75) is 32.7 Å². The van der Waals surface area contributed by atoms with E-state index in [1.807, 2.05) is 13.0 Å². The fourth-order valence-electron chi connectivity index (χ4n) is 1.79. The Balaban J connectivity index is 0.00000200. The number of hydrogen-bond acceptors (Lipinski definition) is 4. The van der Waals surface area contributed by atoms with Gasteiger partial charge in [-0.05, 0) is 37.6 Å². The van der Waals surface area contributed by atoms with Gasteiger partial charge in [0.15, 0.2) is 5.82 Å². The van der Waals surface area contributed by atoms with Crippen molar-refractivity contribution in [3.8, 4) is 0 Å². The predicted octanol–water partition coefficient (Wildman–Crippen LogP) is 3.28. The lowest BCUT2D eigenvalue weighted by Gasteiger charge is -2.06. The molecule has 1 atom stereocenters. The minimum Gasteiger partial charge on any atom is -0.338 e. The van der Waals surface area contributed by atoms with Gasteiger partial charge in [-0.3, -0.25) is 0 Å². The zero-order valence-electron chi connectivity index (χ0n) is 11.6. The van der Waals surface area contributed by atoms with E-state index in [-0.39, 0.29) is 24.3 Å². The Bertz CT molecular complexity index is 533. The van der Waals surface area contributed by atoms with E-state index >= 15 is 0 Å². The van der Waals surface area contributed by atoms with Gasteiger partial charge in [-0.1, -0.05) is 24.2 Å². The molecule has 2 rings (SSSR count). The molecule has 0 amide bonds. The number of benzene rings is 1. The Kier molecular flexibility index (Phi) is 6.61. The fourth-order valence-corrected chi connectivity index (χ4v) is 1.79. The molecule has 110 valence electrons. The number of nitrogens with zero attached hydrogens (tertiary/aromatic N) is 2. The van der Waals surface area contributed by atoms with E-state index in [1.54, 1.807) is 6.07 Å². The van der Waals surface area contributed by atoms with Crippen LogP contribution in [0.2, 0.25) is 0 Å². The van der Waals surface area contributed by atoms with Crippen LogP contribution in [-0.2, 0) is 6.42 Å². The van der Waals surface area contributed by atoms with E-state index < -0.39 is 0 Å². The molecule has 0 saturated heterocycles. The molecular weight excluding hydrogens is 281 g/mol. The van der Waals surface area contributed by atoms with Crippen LogP contribution in [0, 0.1) is 5.82 Å². The van der Waals surface area contributed by atoms with E-state index in [4.69, 9.17) is 4.52 Å². The van der Waals surface area contributed by atoms with Crippen LogP contribution in [0.25, 0.3) is 0 Å². The molecule has 20 heavy (non-hydrogen) atoms. The molecule has 6 heteroatoms. The molecule has 1 heterocycles. The maximum atomic E-state index is 13.1. The smallest absolute Gasteiger partial charge is 0.243 e. The van der Waals surface area contributed by atoms with Gasteiger partial charge in [0.2, 0.25) is 5.89 Å². The molecule has 0 aliphatic rings. The van der Waals surface area contributed by atoms with Crippen LogP contribution in [0.5, 0.6) is 0 Å². The van der Waals surface area contributed by atoms with E-state index in [0.717, 1.165) is 18.5 Å². The standard InChI is InChI=1S/C14H18FN3O.ClH/c1-3-7-16-10(2)14-17-13(18-19-14)9-11-5-4-6-12(15)8-11;/h4-6,8,10,16H,3,7,9H2,1-2H3;1H. The fraction of sp³-hybridized carbons (Fsp3) is 0.429. The molecule has 0 fully saturated rings. The summed E-state index contributed by atoms with van der Waals surface area (Å²) in [5, 5.41) is 7.20. The second kappa shape index (κ2) is 7.97. The van der Waals surface area contributed by atoms with Gasteiger partial charge in [-0.15, -0.1) is 12.4 Å². The lowest BCUT2D eigenvalue weighted by molar-refractivity contribution is 0.337. The third-order valence-electron chi connectivity index (χ3n) is 2.81. The van der Waals surface area contributed by atoms with Crippen LogP contribution in [0.4, 0.5) is 4.39 Å². The minimum atomic E-state index is -0.251. The number of nitrogens with one attached hydrogen (secondary N) is 1. The van der Waals surface area contributed by atoms with E-state index in [1.165, 1.54) is 12.1 Å². The van der Waals surface area contributed by atoms with Crippen LogP contribution in [-0.4, -0.2) is 16.7 Å². The summed E-state index contributed by atoms with van der Waals surface area (Å²) in [4.78, 5) is 4.33. The van der Waals surface area contributed by atoms with Crippen molar-refractivity contribution in [1.29, 1.82) is 0 Å². The molecule has 2 aromatic rings. The van der Waals surface area contributed by atoms with Crippen molar-refractivity contribution >= 4 is 12.4 Å². The molecule has 0 aliphatic carbocycles. The summed E-state index contributed by atoms with van der Waals surface area (Å²) in [6.45, 7) is 4.99. The van der Waals surface area contributed by atoms with Crippen molar-refractivity contribution < 1.29 is 8.91 Å². The highest BCUT2D eigenvalue weighted by atomic mass is 35.5. The normalized spacial score (nSPS) is 11.9. The maximum Gasteiger partial charge on any atom is 0.243 e. The van der Waals surface area contributed by atoms with Crippen LogP contribution in [0.15, 0.2) is 28.8 Å². The zero-order chi connectivity index (χ0) is 13.7. The molecule has 1 unspecified atom stereocenters. The Hall–Kier alpha value is -1.46. The first-order chi connectivity index (χ1) is 9.19. The van der Waals surface area contributed by atoms with Crippen molar-refractivity contribution in [1.82, 2.24) is 15.5 Å². The summed E-state index contributed by atoms with van der Waals surface area (Å²) in [5.41, 5.74) is 0.835. The summed E-state index contributed by atoms with van der Waals surface area (Å²) in [7, 11) is 0. The summed E-state index contributed by atoms with van der Waals surface area (Å²) in [6.07, 6.45) is 1.52. The summed E-state index contributed by atoms with van der Waals surface area (Å²) in [6, 6.07) is 6.46. The van der Waals surface area contributed by atoms with E-state index in [9.17, 15) is 4.39 Å². The summed E-state index contributed by atoms with van der Waals surface area (Å²) >= 11 is 0. The molecule has 1 N–H and O–H groups in total. The van der Waals surface area contributed by atoms with Gasteiger partial charge >= 0.3 is 0 Å². The first kappa shape index (κ1) is 16.6. The van der Waals surface area contributed by atoms with E-state index in [2.05, 4.69) is 22.4 Å². The van der Waals surface area contributed by atoms with Crippen LogP contribution < -0.4 is 5.32 Å². The third-order valence-corrected chi connectivity index (χ3v) is 2.81. The van der Waals surface area contributed by atoms with Gasteiger partial charge in [0, 0.05) is 6.42 Å². The SMILES string of the molecule is CCCNC(C)c1nc(Cc2cccc(F)c2)no1.Cl. The Labute approximate surface area is 124 Å². The lowest BCUT2D eigenvalue weighted by Crippen LogP contribution is -2.19. The third kappa shape index (κ3) is 4.58. The molecular formula is C14H19ClFN3O. The Morgan fingerprint density at radius 2 is 2.20 bits per heavy atom. The Morgan fingerprint density at radius 1 is 1.40 bits per heavy atom. The van der Waals surface area contributed by atoms with E-state index in [0.29, 0.717) is 18.1 Å². The molecule has 0 saturated carbocycles. The number of halogens is 2. The maximum absolute atomic E-state index is 13.1. The van der Waals surface area contributed by atoms with Crippen molar-refractivity contribution in [2.24, 2.45) is 0 Å². The molecule has 1 aromatic heterocycles. The van der Waals surface area contributed by atoms with Gasteiger partial charge < -0.3 is 9.84 Å². The molecule has 0 bridgehead atoms. The molecule has 0 spiro atoms. The number of rotatable bonds is 6.